The molecule has 0 saturated carbocycles. The van der Waals surface area contributed by atoms with E-state index in [1.54, 1.807) is 36.4 Å². The highest BCUT2D eigenvalue weighted by Gasteiger charge is 2.09. The molecule has 0 spiro atoms. The standard InChI is InChI=1S/C16H15NO3/c18-14-8-6-13(7-9-14)17-16(20)11-10-15(19)12-4-2-1-3-5-12/h1-9,18H,10-11H2,(H,17,20). The molecule has 2 aromatic rings. The summed E-state index contributed by atoms with van der Waals surface area (Å²) < 4.78 is 0. The maximum absolute atomic E-state index is 11.8. The average Bonchev–Trinajstić information content (AvgIpc) is 2.48. The SMILES string of the molecule is O=C(CCC(=O)c1ccccc1)Nc1ccc(O)cc1. The largest absolute Gasteiger partial charge is 0.508 e. The van der Waals surface area contributed by atoms with Crippen LogP contribution in [0.4, 0.5) is 5.69 Å². The predicted molar refractivity (Wildman–Crippen MR) is 76.7 cm³/mol. The maximum Gasteiger partial charge on any atom is 0.224 e. The minimum atomic E-state index is -0.222. The van der Waals surface area contributed by atoms with Gasteiger partial charge in [-0.1, -0.05) is 30.3 Å². The van der Waals surface area contributed by atoms with Crippen molar-refractivity contribution in [1.29, 1.82) is 0 Å². The first-order valence-electron chi connectivity index (χ1n) is 6.32. The number of rotatable bonds is 5. The van der Waals surface area contributed by atoms with E-state index in [0.29, 0.717) is 11.3 Å². The Kier molecular flexibility index (Phi) is 4.50. The number of phenols is 1. The summed E-state index contributed by atoms with van der Waals surface area (Å²) in [6, 6.07) is 15.1. The lowest BCUT2D eigenvalue weighted by Crippen LogP contribution is -2.13. The first-order chi connectivity index (χ1) is 9.65. The molecular formula is C16H15NO3. The minimum Gasteiger partial charge on any atom is -0.508 e. The Morgan fingerprint density at radius 3 is 2.20 bits per heavy atom. The van der Waals surface area contributed by atoms with Crippen molar-refractivity contribution in [2.45, 2.75) is 12.8 Å². The topological polar surface area (TPSA) is 66.4 Å². The summed E-state index contributed by atoms with van der Waals surface area (Å²) in [5, 5.41) is 11.8. The van der Waals surface area contributed by atoms with E-state index < -0.39 is 0 Å². The van der Waals surface area contributed by atoms with E-state index in [1.807, 2.05) is 6.07 Å². The van der Waals surface area contributed by atoms with E-state index in [4.69, 9.17) is 5.11 Å². The highest BCUT2D eigenvalue weighted by Crippen LogP contribution is 2.14. The molecule has 0 fully saturated rings. The second kappa shape index (κ2) is 6.52. The highest BCUT2D eigenvalue weighted by molar-refractivity contribution is 5.99. The maximum atomic E-state index is 11.8. The zero-order valence-electron chi connectivity index (χ0n) is 10.9. The van der Waals surface area contributed by atoms with Gasteiger partial charge in [0.1, 0.15) is 5.75 Å². The van der Waals surface area contributed by atoms with Gasteiger partial charge in [-0.15, -0.1) is 0 Å². The molecule has 0 atom stereocenters. The summed E-state index contributed by atoms with van der Waals surface area (Å²) in [5.74, 6) is -0.131. The number of aromatic hydroxyl groups is 1. The fraction of sp³-hybridized carbons (Fsp3) is 0.125. The number of carbonyl (C=O) groups is 2. The number of Topliss-reactive ketones (excluding diaryl/α,β-unsaturated/α-hetero) is 1. The van der Waals surface area contributed by atoms with Crippen molar-refractivity contribution >= 4 is 17.4 Å². The molecule has 4 heteroatoms. The fourth-order valence-electron chi connectivity index (χ4n) is 1.76. The zero-order chi connectivity index (χ0) is 14.4. The summed E-state index contributed by atoms with van der Waals surface area (Å²) in [6.07, 6.45) is 0.308. The molecule has 0 unspecified atom stereocenters. The molecule has 0 heterocycles. The Hall–Kier alpha value is -2.62. The number of ketones is 1. The summed E-state index contributed by atoms with van der Waals surface area (Å²) in [5.41, 5.74) is 1.21. The van der Waals surface area contributed by atoms with Crippen molar-refractivity contribution in [3.05, 3.63) is 60.2 Å². The van der Waals surface area contributed by atoms with Gasteiger partial charge < -0.3 is 10.4 Å². The van der Waals surface area contributed by atoms with Crippen LogP contribution in [-0.2, 0) is 4.79 Å². The first kappa shape index (κ1) is 13.8. The van der Waals surface area contributed by atoms with Crippen LogP contribution in [-0.4, -0.2) is 16.8 Å². The Labute approximate surface area is 117 Å². The molecule has 0 aliphatic rings. The van der Waals surface area contributed by atoms with Gasteiger partial charge in [-0.25, -0.2) is 0 Å². The van der Waals surface area contributed by atoms with Crippen molar-refractivity contribution < 1.29 is 14.7 Å². The van der Waals surface area contributed by atoms with Gasteiger partial charge in [-0.3, -0.25) is 9.59 Å². The van der Waals surface area contributed by atoms with Crippen LogP contribution in [0.3, 0.4) is 0 Å². The molecular weight excluding hydrogens is 254 g/mol. The number of amides is 1. The molecule has 2 N–H and O–H groups in total. The molecule has 2 rings (SSSR count). The van der Waals surface area contributed by atoms with Crippen LogP contribution in [0.2, 0.25) is 0 Å². The van der Waals surface area contributed by atoms with Crippen molar-refractivity contribution in [2.75, 3.05) is 5.32 Å². The smallest absolute Gasteiger partial charge is 0.224 e. The molecule has 0 saturated heterocycles. The lowest BCUT2D eigenvalue weighted by molar-refractivity contribution is -0.116. The summed E-state index contributed by atoms with van der Waals surface area (Å²) in [4.78, 5) is 23.5. The predicted octanol–water partition coefficient (Wildman–Crippen LogP) is 2.99. The van der Waals surface area contributed by atoms with Gasteiger partial charge in [0.05, 0.1) is 0 Å². The van der Waals surface area contributed by atoms with Crippen LogP contribution < -0.4 is 5.32 Å². The number of hydrogen-bond acceptors (Lipinski definition) is 3. The minimum absolute atomic E-state index is 0.0496. The number of carbonyl (C=O) groups excluding carboxylic acids is 2. The molecule has 0 bridgehead atoms. The number of benzene rings is 2. The zero-order valence-corrected chi connectivity index (χ0v) is 10.9. The Bertz CT molecular complexity index is 591. The highest BCUT2D eigenvalue weighted by atomic mass is 16.3. The van der Waals surface area contributed by atoms with E-state index in [1.165, 1.54) is 12.1 Å². The van der Waals surface area contributed by atoms with Gasteiger partial charge >= 0.3 is 0 Å². The molecule has 0 aromatic heterocycles. The second-order valence-electron chi connectivity index (χ2n) is 4.38. The number of nitrogens with one attached hydrogen (secondary N) is 1. The van der Waals surface area contributed by atoms with Gasteiger partial charge in [-0.05, 0) is 24.3 Å². The van der Waals surface area contributed by atoms with E-state index >= 15 is 0 Å². The summed E-state index contributed by atoms with van der Waals surface area (Å²) in [7, 11) is 0. The number of anilines is 1. The monoisotopic (exact) mass is 269 g/mol. The molecule has 0 radical (unpaired) electrons. The summed E-state index contributed by atoms with van der Waals surface area (Å²) in [6.45, 7) is 0. The van der Waals surface area contributed by atoms with Crippen molar-refractivity contribution in [3.63, 3.8) is 0 Å². The molecule has 102 valence electrons. The normalized spacial score (nSPS) is 10.0. The second-order valence-corrected chi connectivity index (χ2v) is 4.38. The van der Waals surface area contributed by atoms with Gasteiger partial charge in [0, 0.05) is 24.1 Å². The van der Waals surface area contributed by atoms with Gasteiger partial charge in [0.15, 0.2) is 5.78 Å². The molecule has 20 heavy (non-hydrogen) atoms. The first-order valence-corrected chi connectivity index (χ1v) is 6.32. The Morgan fingerprint density at radius 2 is 1.55 bits per heavy atom. The van der Waals surface area contributed by atoms with Crippen LogP contribution in [0.1, 0.15) is 23.2 Å². The van der Waals surface area contributed by atoms with Gasteiger partial charge in [-0.2, -0.15) is 0 Å². The van der Waals surface area contributed by atoms with Crippen LogP contribution >= 0.6 is 0 Å². The van der Waals surface area contributed by atoms with Crippen LogP contribution in [0.25, 0.3) is 0 Å². The van der Waals surface area contributed by atoms with E-state index in [9.17, 15) is 9.59 Å². The molecule has 4 nitrogen and oxygen atoms in total. The van der Waals surface area contributed by atoms with E-state index in [-0.39, 0.29) is 30.3 Å². The van der Waals surface area contributed by atoms with E-state index in [2.05, 4.69) is 5.32 Å². The van der Waals surface area contributed by atoms with Crippen molar-refractivity contribution in [3.8, 4) is 5.75 Å². The van der Waals surface area contributed by atoms with Crippen LogP contribution in [0, 0.1) is 0 Å². The summed E-state index contributed by atoms with van der Waals surface area (Å²) >= 11 is 0. The Morgan fingerprint density at radius 1 is 0.900 bits per heavy atom. The van der Waals surface area contributed by atoms with Crippen molar-refractivity contribution in [2.24, 2.45) is 0 Å². The van der Waals surface area contributed by atoms with Gasteiger partial charge in [0.2, 0.25) is 5.91 Å². The quantitative estimate of drug-likeness (QED) is 0.647. The lowest BCUT2D eigenvalue weighted by Gasteiger charge is -2.05. The fourth-order valence-corrected chi connectivity index (χ4v) is 1.76. The molecule has 0 aliphatic heterocycles. The molecule has 2 aromatic carbocycles. The molecule has 1 amide bonds. The number of hydrogen-bond donors (Lipinski definition) is 2. The lowest BCUT2D eigenvalue weighted by atomic mass is 10.1. The third-order valence-electron chi connectivity index (χ3n) is 2.83. The third-order valence-corrected chi connectivity index (χ3v) is 2.83. The van der Waals surface area contributed by atoms with E-state index in [0.717, 1.165) is 0 Å². The van der Waals surface area contributed by atoms with Gasteiger partial charge in [0.25, 0.3) is 0 Å². The Balaban J connectivity index is 1.83. The van der Waals surface area contributed by atoms with Crippen LogP contribution in [0.5, 0.6) is 5.75 Å². The number of phenolic OH excluding ortho intramolecular Hbond substituents is 1. The van der Waals surface area contributed by atoms with Crippen LogP contribution in [0.15, 0.2) is 54.6 Å². The average molecular weight is 269 g/mol. The molecule has 0 aliphatic carbocycles. The van der Waals surface area contributed by atoms with Crippen molar-refractivity contribution in [1.82, 2.24) is 0 Å². The third kappa shape index (κ3) is 3.95.